The van der Waals surface area contributed by atoms with Crippen LogP contribution in [0.15, 0.2) is 65.5 Å². The molecule has 1 aliphatic rings. The first-order valence-corrected chi connectivity index (χ1v) is 9.85. The van der Waals surface area contributed by atoms with Gasteiger partial charge < -0.3 is 10.3 Å². The lowest BCUT2D eigenvalue weighted by molar-refractivity contribution is 0.0950. The Bertz CT molecular complexity index is 1240. The van der Waals surface area contributed by atoms with Gasteiger partial charge in [-0.1, -0.05) is 48.5 Å². The maximum Gasteiger partial charge on any atom is 0.343 e. The Balaban J connectivity index is 1.51. The Labute approximate surface area is 172 Å². The molecule has 0 unspecified atom stereocenters. The van der Waals surface area contributed by atoms with Crippen LogP contribution in [0.3, 0.4) is 0 Å². The average Bonchev–Trinajstić information content (AvgIpc) is 3.42. The number of nitrogens with zero attached hydrogens (tertiary/aromatic N) is 3. The number of amides is 1. The maximum atomic E-state index is 12.5. The molecule has 1 amide bonds. The highest BCUT2D eigenvalue weighted by Gasteiger charge is 2.31. The number of nitrogens with one attached hydrogen (secondary N) is 3. The number of aromatic amines is 2. The van der Waals surface area contributed by atoms with Crippen LogP contribution in [0, 0.1) is 0 Å². The van der Waals surface area contributed by atoms with Crippen molar-refractivity contribution >= 4 is 5.91 Å². The number of carbonyl (C=O) groups is 1. The van der Waals surface area contributed by atoms with Gasteiger partial charge in [0, 0.05) is 17.2 Å². The molecule has 0 radical (unpaired) electrons. The molecule has 0 atom stereocenters. The zero-order valence-electron chi connectivity index (χ0n) is 16.1. The molecule has 150 valence electrons. The Hall–Kier alpha value is -3.94. The van der Waals surface area contributed by atoms with Crippen molar-refractivity contribution in [1.29, 1.82) is 0 Å². The average molecular weight is 400 g/mol. The molecule has 0 bridgehead atoms. The highest BCUT2D eigenvalue weighted by atomic mass is 16.2. The second-order valence-electron chi connectivity index (χ2n) is 7.28. The van der Waals surface area contributed by atoms with Gasteiger partial charge in [0.2, 0.25) is 0 Å². The van der Waals surface area contributed by atoms with Crippen LogP contribution < -0.4 is 11.0 Å². The van der Waals surface area contributed by atoms with Crippen molar-refractivity contribution < 1.29 is 4.79 Å². The monoisotopic (exact) mass is 400 g/mol. The Morgan fingerprint density at radius 2 is 1.77 bits per heavy atom. The molecule has 30 heavy (non-hydrogen) atoms. The van der Waals surface area contributed by atoms with Gasteiger partial charge in [-0.15, -0.1) is 0 Å². The van der Waals surface area contributed by atoms with Crippen LogP contribution in [-0.2, 0) is 6.54 Å². The zero-order chi connectivity index (χ0) is 20.5. The lowest BCUT2D eigenvalue weighted by Crippen LogP contribution is -2.23. The number of hydrogen-bond donors (Lipinski definition) is 3. The number of rotatable bonds is 6. The van der Waals surface area contributed by atoms with Gasteiger partial charge in [-0.3, -0.25) is 9.36 Å². The first-order valence-electron chi connectivity index (χ1n) is 9.85. The molecule has 1 saturated carbocycles. The van der Waals surface area contributed by atoms with Gasteiger partial charge in [0.15, 0.2) is 5.82 Å². The molecule has 0 aliphatic heterocycles. The highest BCUT2D eigenvalue weighted by molar-refractivity contribution is 5.94. The van der Waals surface area contributed by atoms with E-state index in [-0.39, 0.29) is 24.2 Å². The fraction of sp³-hybridized carbons (Fsp3) is 0.182. The number of aromatic nitrogens is 5. The molecular weight excluding hydrogens is 380 g/mol. The van der Waals surface area contributed by atoms with E-state index in [9.17, 15) is 9.59 Å². The molecule has 5 rings (SSSR count). The largest absolute Gasteiger partial charge is 0.346 e. The molecule has 1 aliphatic carbocycles. The van der Waals surface area contributed by atoms with E-state index in [2.05, 4.69) is 20.5 Å². The lowest BCUT2D eigenvalue weighted by atomic mass is 10.2. The second-order valence-corrected chi connectivity index (χ2v) is 7.28. The van der Waals surface area contributed by atoms with Crippen molar-refractivity contribution in [2.75, 3.05) is 0 Å². The predicted octanol–water partition coefficient (Wildman–Crippen LogP) is 2.89. The summed E-state index contributed by atoms with van der Waals surface area (Å²) in [4.78, 5) is 32.8. The van der Waals surface area contributed by atoms with Crippen molar-refractivity contribution in [3.8, 4) is 22.9 Å². The van der Waals surface area contributed by atoms with Crippen molar-refractivity contribution in [2.24, 2.45) is 0 Å². The first kappa shape index (κ1) is 18.1. The summed E-state index contributed by atoms with van der Waals surface area (Å²) >= 11 is 0. The molecule has 8 heteroatoms. The van der Waals surface area contributed by atoms with Crippen LogP contribution in [0.1, 0.15) is 34.9 Å². The van der Waals surface area contributed by atoms with Gasteiger partial charge in [0.25, 0.3) is 5.91 Å². The van der Waals surface area contributed by atoms with E-state index >= 15 is 0 Å². The molecule has 2 heterocycles. The van der Waals surface area contributed by atoms with Gasteiger partial charge in [0.1, 0.15) is 11.5 Å². The van der Waals surface area contributed by atoms with Crippen LogP contribution in [0.5, 0.6) is 0 Å². The van der Waals surface area contributed by atoms with Crippen LogP contribution in [0.4, 0.5) is 0 Å². The van der Waals surface area contributed by atoms with Gasteiger partial charge in [-0.2, -0.15) is 5.10 Å². The number of benzene rings is 2. The van der Waals surface area contributed by atoms with E-state index in [4.69, 9.17) is 4.98 Å². The molecule has 2 aromatic carbocycles. The minimum atomic E-state index is -0.240. The molecule has 2 aromatic heterocycles. The molecule has 4 aromatic rings. The van der Waals surface area contributed by atoms with Gasteiger partial charge in [-0.05, 0) is 25.0 Å². The van der Waals surface area contributed by atoms with E-state index in [0.29, 0.717) is 28.6 Å². The summed E-state index contributed by atoms with van der Waals surface area (Å²) in [5.74, 6) is 0.969. The minimum Gasteiger partial charge on any atom is -0.346 e. The van der Waals surface area contributed by atoms with Gasteiger partial charge in [-0.25, -0.2) is 14.9 Å². The normalized spacial score (nSPS) is 13.3. The van der Waals surface area contributed by atoms with Gasteiger partial charge in [0.05, 0.1) is 12.2 Å². The summed E-state index contributed by atoms with van der Waals surface area (Å²) in [6.45, 7) is 0.231. The number of carbonyl (C=O) groups excluding carboxylic acids is 1. The standard InChI is InChI=1S/C22H20N6O2/c29-21(15-9-5-2-6-10-15)23-13-17-18(20-26-27-22(30)28(20)16-11-12-16)25-19(24-17)14-7-3-1-4-8-14/h1-10,16H,11-13H2,(H,23,29)(H,24,25)(H,27,30). The van der Waals surface area contributed by atoms with Crippen molar-refractivity contribution in [1.82, 2.24) is 30.0 Å². The Kier molecular flexibility index (Phi) is 4.51. The molecule has 0 spiro atoms. The van der Waals surface area contributed by atoms with Crippen LogP contribution >= 0.6 is 0 Å². The number of imidazole rings is 1. The second kappa shape index (κ2) is 7.47. The summed E-state index contributed by atoms with van der Waals surface area (Å²) in [6.07, 6.45) is 1.89. The molecular formula is C22H20N6O2. The molecule has 1 fully saturated rings. The smallest absolute Gasteiger partial charge is 0.343 e. The molecule has 8 nitrogen and oxygen atoms in total. The number of hydrogen-bond acceptors (Lipinski definition) is 4. The van der Waals surface area contributed by atoms with Crippen molar-refractivity contribution in [3.05, 3.63) is 82.4 Å². The van der Waals surface area contributed by atoms with E-state index in [0.717, 1.165) is 18.4 Å². The third-order valence-electron chi connectivity index (χ3n) is 5.12. The topological polar surface area (TPSA) is 108 Å². The third kappa shape index (κ3) is 3.43. The third-order valence-corrected chi connectivity index (χ3v) is 5.12. The number of H-pyrrole nitrogens is 2. The van der Waals surface area contributed by atoms with Crippen LogP contribution in [0.2, 0.25) is 0 Å². The van der Waals surface area contributed by atoms with Crippen LogP contribution in [0.25, 0.3) is 22.9 Å². The van der Waals surface area contributed by atoms with Gasteiger partial charge >= 0.3 is 5.69 Å². The summed E-state index contributed by atoms with van der Waals surface area (Å²) < 4.78 is 1.66. The van der Waals surface area contributed by atoms with Crippen LogP contribution in [-0.4, -0.2) is 30.6 Å². The zero-order valence-corrected chi connectivity index (χ0v) is 16.1. The summed E-state index contributed by atoms with van der Waals surface area (Å²) in [7, 11) is 0. The summed E-state index contributed by atoms with van der Waals surface area (Å²) in [5, 5.41) is 9.70. The maximum absolute atomic E-state index is 12.5. The van der Waals surface area contributed by atoms with E-state index < -0.39 is 0 Å². The van der Waals surface area contributed by atoms with E-state index in [1.807, 2.05) is 48.5 Å². The lowest BCUT2D eigenvalue weighted by Gasteiger charge is -2.06. The predicted molar refractivity (Wildman–Crippen MR) is 112 cm³/mol. The SMILES string of the molecule is O=C(NCc1[nH]c(-c2ccccc2)nc1-c1n[nH]c(=O)n1C1CC1)c1ccccc1. The fourth-order valence-electron chi connectivity index (χ4n) is 3.46. The fourth-order valence-corrected chi connectivity index (χ4v) is 3.46. The molecule has 3 N–H and O–H groups in total. The summed E-state index contributed by atoms with van der Waals surface area (Å²) in [5.41, 5.74) is 2.51. The first-order chi connectivity index (χ1) is 14.7. The minimum absolute atomic E-state index is 0.148. The quantitative estimate of drug-likeness (QED) is 0.462. The Morgan fingerprint density at radius 3 is 2.47 bits per heavy atom. The van der Waals surface area contributed by atoms with Crippen molar-refractivity contribution in [3.63, 3.8) is 0 Å². The summed E-state index contributed by atoms with van der Waals surface area (Å²) in [6, 6.07) is 18.9. The van der Waals surface area contributed by atoms with E-state index in [1.165, 1.54) is 0 Å². The Morgan fingerprint density at radius 1 is 1.07 bits per heavy atom. The molecule has 0 saturated heterocycles. The van der Waals surface area contributed by atoms with E-state index in [1.54, 1.807) is 16.7 Å². The highest BCUT2D eigenvalue weighted by Crippen LogP contribution is 2.36. The van der Waals surface area contributed by atoms with Crippen molar-refractivity contribution in [2.45, 2.75) is 25.4 Å².